The maximum atomic E-state index is 13.0. The van der Waals surface area contributed by atoms with Crippen LogP contribution in [0.25, 0.3) is 10.1 Å². The normalized spacial score (nSPS) is 23.0. The molecular weight excluding hydrogens is 450 g/mol. The largest absolute Gasteiger partial charge is 0.465 e. The molecule has 1 aromatic carbocycles. The van der Waals surface area contributed by atoms with E-state index in [1.54, 1.807) is 4.90 Å². The maximum absolute atomic E-state index is 13.0. The molecule has 2 aromatic rings. The summed E-state index contributed by atoms with van der Waals surface area (Å²) in [5.41, 5.74) is 1.02. The lowest BCUT2D eigenvalue weighted by Gasteiger charge is -2.44. The van der Waals surface area contributed by atoms with Crippen molar-refractivity contribution in [2.45, 2.75) is 71.0 Å². The Morgan fingerprint density at radius 2 is 2.03 bits per heavy atom. The molecule has 0 radical (unpaired) electrons. The molecule has 2 atom stereocenters. The van der Waals surface area contributed by atoms with Crippen molar-refractivity contribution in [3.8, 4) is 0 Å². The molecule has 0 spiro atoms. The van der Waals surface area contributed by atoms with Crippen LogP contribution in [0.1, 0.15) is 63.9 Å². The van der Waals surface area contributed by atoms with Crippen molar-refractivity contribution in [1.82, 2.24) is 19.5 Å². The van der Waals surface area contributed by atoms with E-state index in [4.69, 9.17) is 0 Å². The van der Waals surface area contributed by atoms with Crippen LogP contribution in [0.5, 0.6) is 0 Å². The first-order chi connectivity index (χ1) is 16.2. The van der Waals surface area contributed by atoms with Gasteiger partial charge in [0.2, 0.25) is 0 Å². The Morgan fingerprint density at radius 3 is 2.62 bits per heavy atom. The van der Waals surface area contributed by atoms with Gasteiger partial charge in [-0.1, -0.05) is 6.92 Å². The van der Waals surface area contributed by atoms with Gasteiger partial charge in [-0.15, -0.1) is 0 Å². The highest BCUT2D eigenvalue weighted by atomic mass is 32.1. The van der Waals surface area contributed by atoms with Crippen molar-refractivity contribution in [1.29, 1.82) is 0 Å². The summed E-state index contributed by atoms with van der Waals surface area (Å²) in [6.45, 7) is 11.7. The van der Waals surface area contributed by atoms with E-state index in [1.807, 2.05) is 45.9 Å². The van der Waals surface area contributed by atoms with E-state index in [9.17, 15) is 14.7 Å². The number of rotatable bonds is 8. The molecule has 1 aromatic heterocycles. The number of piperidine rings is 3. The van der Waals surface area contributed by atoms with Crippen LogP contribution in [0, 0.1) is 5.92 Å². The topological polar surface area (TPSA) is 97.8 Å². The average molecular weight is 488 g/mol. The number of fused-ring (bicyclic) bond motifs is 4. The molecule has 2 amide bonds. The Labute approximate surface area is 205 Å². The van der Waals surface area contributed by atoms with E-state index in [0.717, 1.165) is 54.7 Å². The molecule has 0 aliphatic carbocycles. The highest BCUT2D eigenvalue weighted by Gasteiger charge is 2.35. The minimum Gasteiger partial charge on any atom is -0.465 e. The molecule has 186 valence electrons. The predicted molar refractivity (Wildman–Crippen MR) is 137 cm³/mol. The summed E-state index contributed by atoms with van der Waals surface area (Å²) in [7, 11) is 0. The summed E-state index contributed by atoms with van der Waals surface area (Å²) in [5, 5.41) is 17.2. The van der Waals surface area contributed by atoms with E-state index < -0.39 is 11.6 Å². The zero-order chi connectivity index (χ0) is 24.5. The highest BCUT2D eigenvalue weighted by molar-refractivity contribution is 7.13. The average Bonchev–Trinajstić information content (AvgIpc) is 3.21. The van der Waals surface area contributed by atoms with Gasteiger partial charge in [0, 0.05) is 41.8 Å². The van der Waals surface area contributed by atoms with Crippen molar-refractivity contribution in [2.24, 2.45) is 5.92 Å². The minimum absolute atomic E-state index is 0.0567. The summed E-state index contributed by atoms with van der Waals surface area (Å²) >= 11 is 1.34. The van der Waals surface area contributed by atoms with Crippen LogP contribution in [0.4, 0.5) is 10.5 Å². The number of anilines is 1. The Bertz CT molecular complexity index is 1030. The third-order valence-corrected chi connectivity index (χ3v) is 8.04. The molecule has 8 nitrogen and oxygen atoms in total. The fourth-order valence-electron chi connectivity index (χ4n) is 5.47. The molecule has 4 heterocycles. The van der Waals surface area contributed by atoms with Gasteiger partial charge >= 0.3 is 6.09 Å². The first kappa shape index (κ1) is 24.7. The lowest BCUT2D eigenvalue weighted by Crippen LogP contribution is -2.57. The molecule has 3 aliphatic heterocycles. The fourth-order valence-corrected chi connectivity index (χ4v) is 6.28. The van der Waals surface area contributed by atoms with Gasteiger partial charge in [-0.3, -0.25) is 4.79 Å². The number of nitrogens with one attached hydrogen (secondary N) is 2. The number of carbonyl (C=O) groups excluding carboxylic acids is 1. The molecule has 3 aliphatic rings. The molecule has 34 heavy (non-hydrogen) atoms. The van der Waals surface area contributed by atoms with Crippen LogP contribution >= 0.6 is 11.5 Å². The Balaban J connectivity index is 1.37. The molecule has 9 heteroatoms. The van der Waals surface area contributed by atoms with Crippen LogP contribution in [-0.2, 0) is 0 Å². The van der Waals surface area contributed by atoms with Crippen LogP contribution in [0.2, 0.25) is 0 Å². The van der Waals surface area contributed by atoms with Crippen LogP contribution in [0.15, 0.2) is 18.2 Å². The molecule has 3 N–H and O–H groups in total. The number of aromatic nitrogens is 1. The first-order valence-corrected chi connectivity index (χ1v) is 13.1. The summed E-state index contributed by atoms with van der Waals surface area (Å²) < 4.78 is 5.44. The zero-order valence-electron chi connectivity index (χ0n) is 20.6. The quantitative estimate of drug-likeness (QED) is 0.508. The van der Waals surface area contributed by atoms with Gasteiger partial charge in [0.1, 0.15) is 5.69 Å². The predicted octanol–water partition coefficient (Wildman–Crippen LogP) is 4.48. The van der Waals surface area contributed by atoms with Crippen molar-refractivity contribution in [2.75, 3.05) is 31.5 Å². The van der Waals surface area contributed by atoms with Crippen molar-refractivity contribution in [3.63, 3.8) is 0 Å². The second kappa shape index (κ2) is 10.1. The van der Waals surface area contributed by atoms with Crippen molar-refractivity contribution >= 4 is 39.3 Å². The molecule has 0 saturated carbocycles. The number of benzene rings is 1. The maximum Gasteiger partial charge on any atom is 0.407 e. The Kier molecular flexibility index (Phi) is 7.33. The van der Waals surface area contributed by atoms with E-state index in [2.05, 4.69) is 19.9 Å². The van der Waals surface area contributed by atoms with Gasteiger partial charge in [-0.2, -0.15) is 4.37 Å². The van der Waals surface area contributed by atoms with Gasteiger partial charge in [-0.05, 0) is 95.2 Å². The van der Waals surface area contributed by atoms with Crippen LogP contribution < -0.4 is 10.6 Å². The monoisotopic (exact) mass is 487 g/mol. The highest BCUT2D eigenvalue weighted by Crippen LogP contribution is 2.30. The van der Waals surface area contributed by atoms with Crippen LogP contribution in [0.3, 0.4) is 0 Å². The number of amides is 2. The summed E-state index contributed by atoms with van der Waals surface area (Å²) in [6, 6.07) is 6.12. The van der Waals surface area contributed by atoms with E-state index >= 15 is 0 Å². The van der Waals surface area contributed by atoms with Gasteiger partial charge in [0.25, 0.3) is 5.91 Å². The number of carboxylic acid groups (broad SMARTS) is 1. The number of hydrogen-bond acceptors (Lipinski definition) is 6. The molecule has 3 fully saturated rings. The smallest absolute Gasteiger partial charge is 0.407 e. The Morgan fingerprint density at radius 1 is 1.29 bits per heavy atom. The zero-order valence-corrected chi connectivity index (χ0v) is 21.5. The molecule has 5 rings (SSSR count). The Hall–Kier alpha value is -2.39. The van der Waals surface area contributed by atoms with E-state index in [0.29, 0.717) is 24.6 Å². The molecular formula is C25H37N5O3S. The lowest BCUT2D eigenvalue weighted by atomic mass is 9.84. The fraction of sp³-hybridized carbons (Fsp3) is 0.640. The molecule has 3 saturated heterocycles. The van der Waals surface area contributed by atoms with Gasteiger partial charge in [0.05, 0.1) is 4.70 Å². The lowest BCUT2D eigenvalue weighted by molar-refractivity contribution is 0.0618. The second-order valence-electron chi connectivity index (χ2n) is 10.6. The van der Waals surface area contributed by atoms with Gasteiger partial charge in [-0.25, -0.2) is 4.79 Å². The molecule has 1 unspecified atom stereocenters. The third kappa shape index (κ3) is 5.30. The van der Waals surface area contributed by atoms with E-state index in [1.165, 1.54) is 11.5 Å². The first-order valence-electron chi connectivity index (χ1n) is 12.4. The van der Waals surface area contributed by atoms with Crippen molar-refractivity contribution in [3.05, 3.63) is 23.9 Å². The third-order valence-electron chi connectivity index (χ3n) is 7.23. The SMILES string of the molecule is CCC(CCNc1ccc2c(C(=O)N[C@@H]3CN4CCC3CC4)nsc2c1)N(C(=O)O)C(C)(C)C. The van der Waals surface area contributed by atoms with Gasteiger partial charge in [0.15, 0.2) is 0 Å². The number of carbonyl (C=O) groups is 2. The van der Waals surface area contributed by atoms with Crippen LogP contribution in [-0.4, -0.2) is 75.1 Å². The molecule has 2 bridgehead atoms. The van der Waals surface area contributed by atoms with Crippen molar-refractivity contribution < 1.29 is 14.7 Å². The summed E-state index contributed by atoms with van der Waals surface area (Å²) in [5.74, 6) is 0.504. The second-order valence-corrected chi connectivity index (χ2v) is 11.4. The number of hydrogen-bond donors (Lipinski definition) is 3. The number of nitrogens with zero attached hydrogens (tertiary/aromatic N) is 3. The minimum atomic E-state index is -0.880. The van der Waals surface area contributed by atoms with E-state index in [-0.39, 0.29) is 18.0 Å². The standard InChI is InChI=1S/C25H37N5O3S/c1-5-18(30(24(32)33)25(2,3)4)8-11-26-17-6-7-19-21(14-17)34-28-22(19)23(31)27-20-15-29-12-9-16(20)10-13-29/h6-7,14,16,18,20,26H,5,8-13,15H2,1-4H3,(H,27,31)(H,32,33)/t18?,20-/m1/s1. The summed E-state index contributed by atoms with van der Waals surface area (Å²) in [6.07, 6.45) is 2.92. The van der Waals surface area contributed by atoms with Gasteiger partial charge < -0.3 is 25.5 Å². The summed E-state index contributed by atoms with van der Waals surface area (Å²) in [4.78, 5) is 28.8.